The molecule has 0 radical (unpaired) electrons. The molecule has 0 aromatic heterocycles. The molecule has 1 unspecified atom stereocenters. The second-order valence-electron chi connectivity index (χ2n) is 6.75. The monoisotopic (exact) mass is 382 g/mol. The lowest BCUT2D eigenvalue weighted by Gasteiger charge is -2.26. The Bertz CT molecular complexity index is 727. The van der Waals surface area contributed by atoms with Gasteiger partial charge in [-0.25, -0.2) is 13.6 Å². The summed E-state index contributed by atoms with van der Waals surface area (Å²) >= 11 is 1.50. The fraction of sp³-hybridized carbons (Fsp3) is 0.529. The van der Waals surface area contributed by atoms with Gasteiger partial charge in [0.15, 0.2) is 5.17 Å². The number of carbonyl (C=O) groups excluding carboxylic acids is 1. The zero-order valence-electron chi connectivity index (χ0n) is 14.0. The van der Waals surface area contributed by atoms with Crippen LogP contribution in [0.3, 0.4) is 0 Å². The third kappa shape index (κ3) is 3.93. The number of hydrogen-bond acceptors (Lipinski definition) is 5. The number of nitrogens with one attached hydrogen (secondary N) is 3. The molecule has 1 saturated carbocycles. The second kappa shape index (κ2) is 7.40. The van der Waals surface area contributed by atoms with E-state index in [0.717, 1.165) is 32.1 Å². The lowest BCUT2D eigenvalue weighted by molar-refractivity contribution is 0.0636. The van der Waals surface area contributed by atoms with E-state index in [4.69, 9.17) is 4.74 Å². The van der Waals surface area contributed by atoms with Gasteiger partial charge in [-0.15, -0.1) is 0 Å². The van der Waals surface area contributed by atoms with Crippen LogP contribution in [0.2, 0.25) is 0 Å². The van der Waals surface area contributed by atoms with Gasteiger partial charge in [0.2, 0.25) is 0 Å². The molecule has 6 nitrogen and oxygen atoms in total. The van der Waals surface area contributed by atoms with E-state index < -0.39 is 11.6 Å². The maximum atomic E-state index is 13.8. The number of benzene rings is 1. The van der Waals surface area contributed by atoms with Gasteiger partial charge < -0.3 is 10.1 Å². The fourth-order valence-electron chi connectivity index (χ4n) is 3.37. The number of hydrazone groups is 1. The van der Waals surface area contributed by atoms with Crippen LogP contribution < -0.4 is 16.1 Å². The first-order valence-corrected chi connectivity index (χ1v) is 9.58. The second-order valence-corrected chi connectivity index (χ2v) is 7.88. The van der Waals surface area contributed by atoms with Gasteiger partial charge in [-0.05, 0) is 36.8 Å². The molecule has 140 valence electrons. The summed E-state index contributed by atoms with van der Waals surface area (Å²) in [5, 5.41) is 10.4. The highest BCUT2D eigenvalue weighted by Gasteiger charge is 2.41. The number of thioether (sulfide) groups is 1. The Morgan fingerprint density at radius 2 is 2.12 bits per heavy atom. The Hall–Kier alpha value is -1.87. The van der Waals surface area contributed by atoms with Crippen LogP contribution >= 0.6 is 11.8 Å². The topological polar surface area (TPSA) is 74.8 Å². The minimum Gasteiger partial charge on any atom is -0.381 e. The number of ether oxygens (including phenoxy) is 1. The molecule has 1 aliphatic carbocycles. The number of rotatable bonds is 3. The standard InChI is InChI=1S/C17H20F2N4O2S/c18-10-1-2-11(13(19)7-10)12-8-14(12)20-16(24)21-17-23-22-15(26-17)9-3-5-25-6-4-9/h1-2,7,9,12,14-15,22H,3-6,8H2,(H2,20,21,23,24)/t12-,14+,15?/m0/s1. The predicted octanol–water partition coefficient (Wildman–Crippen LogP) is 2.48. The van der Waals surface area contributed by atoms with Crippen molar-refractivity contribution in [3.8, 4) is 0 Å². The predicted molar refractivity (Wildman–Crippen MR) is 94.7 cm³/mol. The van der Waals surface area contributed by atoms with E-state index in [1.165, 1.54) is 23.9 Å². The number of halogens is 2. The summed E-state index contributed by atoms with van der Waals surface area (Å²) in [5.41, 5.74) is 3.50. The third-order valence-corrected chi connectivity index (χ3v) is 6.08. The van der Waals surface area contributed by atoms with Crippen LogP contribution in [-0.2, 0) is 4.74 Å². The number of nitrogens with zero attached hydrogens (tertiary/aromatic N) is 1. The van der Waals surface area contributed by atoms with Crippen LogP contribution in [0.25, 0.3) is 0 Å². The SMILES string of the molecule is O=C(NC1=NNC(C2CCOCC2)S1)N[C@@H]1C[C@H]1c1ccc(F)cc1F. The van der Waals surface area contributed by atoms with Crippen molar-refractivity contribution in [2.45, 2.75) is 36.6 Å². The van der Waals surface area contributed by atoms with Gasteiger partial charge in [0, 0.05) is 31.2 Å². The number of amidine groups is 1. The average molecular weight is 382 g/mol. The molecular weight excluding hydrogens is 362 g/mol. The molecule has 26 heavy (non-hydrogen) atoms. The Balaban J connectivity index is 1.24. The molecule has 0 spiro atoms. The van der Waals surface area contributed by atoms with Gasteiger partial charge in [0.05, 0.1) is 5.37 Å². The molecule has 2 aliphatic heterocycles. The molecule has 2 fully saturated rings. The van der Waals surface area contributed by atoms with E-state index in [0.29, 0.717) is 23.1 Å². The first kappa shape index (κ1) is 17.5. The Labute approximate surface area is 154 Å². The molecule has 0 bridgehead atoms. The minimum absolute atomic E-state index is 0.118. The number of amides is 2. The molecule has 1 aromatic carbocycles. The van der Waals surface area contributed by atoms with Crippen molar-refractivity contribution in [2.24, 2.45) is 11.0 Å². The van der Waals surface area contributed by atoms with Crippen molar-refractivity contribution in [3.63, 3.8) is 0 Å². The van der Waals surface area contributed by atoms with Crippen molar-refractivity contribution >= 4 is 23.0 Å². The highest BCUT2D eigenvalue weighted by atomic mass is 32.2. The molecule has 3 atom stereocenters. The lowest BCUT2D eigenvalue weighted by Crippen LogP contribution is -2.39. The summed E-state index contributed by atoms with van der Waals surface area (Å²) in [5.74, 6) is -0.822. The van der Waals surface area contributed by atoms with Crippen molar-refractivity contribution in [3.05, 3.63) is 35.4 Å². The first-order valence-electron chi connectivity index (χ1n) is 8.70. The van der Waals surface area contributed by atoms with Gasteiger partial charge in [0.25, 0.3) is 0 Å². The van der Waals surface area contributed by atoms with E-state index in [2.05, 4.69) is 21.2 Å². The smallest absolute Gasteiger partial charge is 0.321 e. The maximum Gasteiger partial charge on any atom is 0.321 e. The zero-order chi connectivity index (χ0) is 18.1. The summed E-state index contributed by atoms with van der Waals surface area (Å²) in [6.45, 7) is 1.52. The third-order valence-electron chi connectivity index (χ3n) is 4.92. The lowest BCUT2D eigenvalue weighted by atomic mass is 10.0. The Kier molecular flexibility index (Phi) is 4.99. The van der Waals surface area contributed by atoms with Gasteiger partial charge in [-0.1, -0.05) is 17.8 Å². The molecular formula is C17H20F2N4O2S. The number of carbonyl (C=O) groups is 1. The maximum absolute atomic E-state index is 13.8. The highest BCUT2D eigenvalue weighted by molar-refractivity contribution is 8.14. The fourth-order valence-corrected chi connectivity index (χ4v) is 4.44. The summed E-state index contributed by atoms with van der Waals surface area (Å²) in [6.07, 6.45) is 2.60. The van der Waals surface area contributed by atoms with Crippen molar-refractivity contribution < 1.29 is 18.3 Å². The average Bonchev–Trinajstić information content (AvgIpc) is 3.20. The summed E-state index contributed by atoms with van der Waals surface area (Å²) in [7, 11) is 0. The van der Waals surface area contributed by atoms with Crippen LogP contribution in [-0.4, -0.2) is 35.8 Å². The normalized spacial score (nSPS) is 28.2. The molecule has 9 heteroatoms. The zero-order valence-corrected chi connectivity index (χ0v) is 14.8. The Morgan fingerprint density at radius 3 is 2.88 bits per heavy atom. The van der Waals surface area contributed by atoms with Crippen LogP contribution in [0, 0.1) is 17.6 Å². The van der Waals surface area contributed by atoms with Gasteiger partial charge in [0.1, 0.15) is 11.6 Å². The van der Waals surface area contributed by atoms with Crippen LogP contribution in [0.15, 0.2) is 23.3 Å². The van der Waals surface area contributed by atoms with E-state index in [9.17, 15) is 13.6 Å². The van der Waals surface area contributed by atoms with Crippen LogP contribution in [0.1, 0.15) is 30.7 Å². The van der Waals surface area contributed by atoms with E-state index in [1.807, 2.05) is 0 Å². The van der Waals surface area contributed by atoms with Gasteiger partial charge in [-0.3, -0.25) is 10.7 Å². The van der Waals surface area contributed by atoms with Gasteiger partial charge in [-0.2, -0.15) is 5.10 Å². The van der Waals surface area contributed by atoms with E-state index >= 15 is 0 Å². The molecule has 3 aliphatic rings. The summed E-state index contributed by atoms with van der Waals surface area (Å²) in [4.78, 5) is 12.1. The molecule has 1 saturated heterocycles. The largest absolute Gasteiger partial charge is 0.381 e. The Morgan fingerprint density at radius 1 is 1.31 bits per heavy atom. The molecule has 2 heterocycles. The highest BCUT2D eigenvalue weighted by Crippen LogP contribution is 2.42. The first-order chi connectivity index (χ1) is 12.6. The summed E-state index contributed by atoms with van der Waals surface area (Å²) in [6, 6.07) is 3.03. The van der Waals surface area contributed by atoms with Crippen LogP contribution in [0.5, 0.6) is 0 Å². The molecule has 4 rings (SSSR count). The quantitative estimate of drug-likeness (QED) is 0.751. The van der Waals surface area contributed by atoms with Crippen molar-refractivity contribution in [1.82, 2.24) is 16.1 Å². The summed E-state index contributed by atoms with van der Waals surface area (Å²) < 4.78 is 32.1. The number of hydrogen-bond donors (Lipinski definition) is 3. The molecule has 3 N–H and O–H groups in total. The van der Waals surface area contributed by atoms with Crippen LogP contribution in [0.4, 0.5) is 13.6 Å². The van der Waals surface area contributed by atoms with E-state index in [-0.39, 0.29) is 23.4 Å². The van der Waals surface area contributed by atoms with Crippen molar-refractivity contribution in [2.75, 3.05) is 13.2 Å². The minimum atomic E-state index is -0.600. The van der Waals surface area contributed by atoms with Gasteiger partial charge >= 0.3 is 6.03 Å². The van der Waals surface area contributed by atoms with Crippen molar-refractivity contribution in [1.29, 1.82) is 0 Å². The van der Waals surface area contributed by atoms with E-state index in [1.54, 1.807) is 0 Å². The molecule has 2 amide bonds. The number of urea groups is 1. The molecule has 1 aromatic rings.